The zero-order valence-electron chi connectivity index (χ0n) is 16.1. The molecule has 4 heteroatoms. The summed E-state index contributed by atoms with van der Waals surface area (Å²) in [5.41, 5.74) is 2.07. The fraction of sp³-hybridized carbons (Fsp3) is 0.650. The number of ether oxygens (including phenoxy) is 2. The molecule has 1 amide bonds. The molecular weight excluding hydrogens is 302 g/mol. The van der Waals surface area contributed by atoms with Gasteiger partial charge in [0.15, 0.2) is 0 Å². The van der Waals surface area contributed by atoms with E-state index in [1.165, 1.54) is 0 Å². The third-order valence-electron chi connectivity index (χ3n) is 4.00. The molecule has 0 saturated carbocycles. The number of carbonyl (C=O) groups is 1. The first-order valence-electron chi connectivity index (χ1n) is 9.07. The molecular formula is C20H33NO3. The lowest BCUT2D eigenvalue weighted by molar-refractivity contribution is -0.140. The topological polar surface area (TPSA) is 47.6 Å². The van der Waals surface area contributed by atoms with E-state index in [4.69, 9.17) is 9.47 Å². The van der Waals surface area contributed by atoms with Gasteiger partial charge in [0.1, 0.15) is 11.4 Å². The maximum atomic E-state index is 12.7. The molecule has 0 radical (unpaired) electrons. The van der Waals surface area contributed by atoms with Crippen molar-refractivity contribution in [3.05, 3.63) is 23.3 Å². The molecule has 1 N–H and O–H groups in total. The molecule has 0 aliphatic rings. The van der Waals surface area contributed by atoms with Crippen LogP contribution in [-0.2, 0) is 9.53 Å². The predicted octanol–water partition coefficient (Wildman–Crippen LogP) is 5.02. The van der Waals surface area contributed by atoms with Crippen molar-refractivity contribution in [2.24, 2.45) is 0 Å². The number of aryl methyl sites for hydroxylation is 2. The molecule has 0 fully saturated rings. The summed E-state index contributed by atoms with van der Waals surface area (Å²) in [7, 11) is 0. The summed E-state index contributed by atoms with van der Waals surface area (Å²) in [6.07, 6.45) is 3.47. The third-order valence-corrected chi connectivity index (χ3v) is 4.00. The minimum absolute atomic E-state index is 0.0844. The van der Waals surface area contributed by atoms with Crippen molar-refractivity contribution in [1.82, 2.24) is 0 Å². The number of anilines is 1. The fourth-order valence-electron chi connectivity index (χ4n) is 2.77. The lowest BCUT2D eigenvalue weighted by Gasteiger charge is -2.28. The van der Waals surface area contributed by atoms with E-state index in [-0.39, 0.29) is 5.91 Å². The van der Waals surface area contributed by atoms with Crippen LogP contribution in [0.3, 0.4) is 0 Å². The van der Waals surface area contributed by atoms with Crippen molar-refractivity contribution < 1.29 is 14.3 Å². The van der Waals surface area contributed by atoms with Crippen LogP contribution < -0.4 is 10.1 Å². The van der Waals surface area contributed by atoms with Crippen LogP contribution in [0.2, 0.25) is 0 Å². The highest BCUT2D eigenvalue weighted by Gasteiger charge is 2.33. The molecule has 1 aromatic carbocycles. The third kappa shape index (κ3) is 5.52. The average Bonchev–Trinajstić information content (AvgIpc) is 2.52. The molecule has 0 bridgehead atoms. The summed E-state index contributed by atoms with van der Waals surface area (Å²) in [5.74, 6) is 0.826. The first-order chi connectivity index (χ1) is 11.4. The van der Waals surface area contributed by atoms with Crippen LogP contribution in [0.15, 0.2) is 12.1 Å². The minimum Gasteiger partial charge on any atom is -0.493 e. The molecule has 1 unspecified atom stereocenters. The number of benzene rings is 1. The van der Waals surface area contributed by atoms with Gasteiger partial charge in [-0.1, -0.05) is 27.2 Å². The maximum absolute atomic E-state index is 12.7. The summed E-state index contributed by atoms with van der Waals surface area (Å²) in [4.78, 5) is 12.7. The monoisotopic (exact) mass is 335 g/mol. The van der Waals surface area contributed by atoms with Gasteiger partial charge in [0, 0.05) is 12.3 Å². The number of amides is 1. The molecule has 136 valence electrons. The average molecular weight is 335 g/mol. The second-order valence-corrected chi connectivity index (χ2v) is 6.57. The Morgan fingerprint density at radius 1 is 1.04 bits per heavy atom. The van der Waals surface area contributed by atoms with E-state index in [1.807, 2.05) is 39.8 Å². The van der Waals surface area contributed by atoms with Crippen molar-refractivity contribution in [2.45, 2.75) is 72.8 Å². The Balaban J connectivity index is 2.92. The standard InChI is InChI=1S/C20H33NO3/c1-7-10-20(6,24-12-9-3)19(22)21-17-13-15(4)18(16(5)14-17)23-11-8-2/h13-14H,7-12H2,1-6H3,(H,21,22). The van der Waals surface area contributed by atoms with E-state index in [2.05, 4.69) is 19.2 Å². The molecule has 0 heterocycles. The van der Waals surface area contributed by atoms with Gasteiger partial charge < -0.3 is 14.8 Å². The molecule has 0 saturated heterocycles. The molecule has 1 aromatic rings. The first kappa shape index (κ1) is 20.5. The van der Waals surface area contributed by atoms with Crippen LogP contribution >= 0.6 is 0 Å². The molecule has 24 heavy (non-hydrogen) atoms. The first-order valence-corrected chi connectivity index (χ1v) is 9.07. The van der Waals surface area contributed by atoms with Gasteiger partial charge in [-0.15, -0.1) is 0 Å². The number of nitrogens with one attached hydrogen (secondary N) is 1. The van der Waals surface area contributed by atoms with Crippen molar-refractivity contribution in [1.29, 1.82) is 0 Å². The quantitative estimate of drug-likeness (QED) is 0.653. The van der Waals surface area contributed by atoms with E-state index >= 15 is 0 Å². The summed E-state index contributed by atoms with van der Waals surface area (Å²) >= 11 is 0. The highest BCUT2D eigenvalue weighted by molar-refractivity contribution is 5.97. The van der Waals surface area contributed by atoms with Gasteiger partial charge >= 0.3 is 0 Å². The molecule has 0 aliphatic heterocycles. The highest BCUT2D eigenvalue weighted by atomic mass is 16.5. The smallest absolute Gasteiger partial charge is 0.256 e. The van der Waals surface area contributed by atoms with E-state index in [9.17, 15) is 4.79 Å². The molecule has 1 atom stereocenters. The zero-order chi connectivity index (χ0) is 18.2. The normalized spacial score (nSPS) is 13.4. The van der Waals surface area contributed by atoms with Crippen LogP contribution in [0.25, 0.3) is 0 Å². The second kappa shape index (κ2) is 9.67. The highest BCUT2D eigenvalue weighted by Crippen LogP contribution is 2.28. The van der Waals surface area contributed by atoms with Gasteiger partial charge in [-0.05, 0) is 63.3 Å². The Bertz CT molecular complexity index is 519. The van der Waals surface area contributed by atoms with Crippen LogP contribution in [0, 0.1) is 13.8 Å². The van der Waals surface area contributed by atoms with E-state index in [0.29, 0.717) is 19.6 Å². The largest absolute Gasteiger partial charge is 0.493 e. The van der Waals surface area contributed by atoms with Crippen molar-refractivity contribution in [3.63, 3.8) is 0 Å². The summed E-state index contributed by atoms with van der Waals surface area (Å²) in [5, 5.41) is 3.02. The predicted molar refractivity (Wildman–Crippen MR) is 99.9 cm³/mol. The Morgan fingerprint density at radius 2 is 1.62 bits per heavy atom. The number of carbonyl (C=O) groups excluding carboxylic acids is 1. The van der Waals surface area contributed by atoms with E-state index in [1.54, 1.807) is 0 Å². The Kier molecular flexibility index (Phi) is 8.26. The fourth-order valence-corrected chi connectivity index (χ4v) is 2.77. The molecule has 0 spiro atoms. The van der Waals surface area contributed by atoms with Gasteiger partial charge in [0.05, 0.1) is 6.61 Å². The summed E-state index contributed by atoms with van der Waals surface area (Å²) in [6.45, 7) is 13.4. The number of hydrogen-bond acceptors (Lipinski definition) is 3. The van der Waals surface area contributed by atoms with Crippen molar-refractivity contribution in [3.8, 4) is 5.75 Å². The second-order valence-electron chi connectivity index (χ2n) is 6.57. The zero-order valence-corrected chi connectivity index (χ0v) is 16.1. The van der Waals surface area contributed by atoms with Crippen LogP contribution in [0.1, 0.15) is 64.5 Å². The molecule has 0 aromatic heterocycles. The minimum atomic E-state index is -0.788. The number of hydrogen-bond donors (Lipinski definition) is 1. The number of rotatable bonds is 10. The lowest BCUT2D eigenvalue weighted by atomic mass is 9.98. The van der Waals surface area contributed by atoms with Gasteiger partial charge in [-0.2, -0.15) is 0 Å². The van der Waals surface area contributed by atoms with Gasteiger partial charge in [-0.25, -0.2) is 0 Å². The molecule has 4 nitrogen and oxygen atoms in total. The SMILES string of the molecule is CCCOc1c(C)cc(NC(=O)C(C)(CCC)OCCC)cc1C. The van der Waals surface area contributed by atoms with Gasteiger partial charge in [0.2, 0.25) is 0 Å². The van der Waals surface area contributed by atoms with Crippen LogP contribution in [-0.4, -0.2) is 24.7 Å². The van der Waals surface area contributed by atoms with Crippen molar-refractivity contribution >= 4 is 11.6 Å². The van der Waals surface area contributed by atoms with Crippen molar-refractivity contribution in [2.75, 3.05) is 18.5 Å². The molecule has 0 aliphatic carbocycles. The summed E-state index contributed by atoms with van der Waals surface area (Å²) in [6, 6.07) is 3.92. The van der Waals surface area contributed by atoms with E-state index in [0.717, 1.165) is 41.8 Å². The van der Waals surface area contributed by atoms with Gasteiger partial charge in [0.25, 0.3) is 5.91 Å². The Morgan fingerprint density at radius 3 is 2.12 bits per heavy atom. The Hall–Kier alpha value is -1.55. The Labute approximate surface area is 146 Å². The van der Waals surface area contributed by atoms with Crippen LogP contribution in [0.4, 0.5) is 5.69 Å². The van der Waals surface area contributed by atoms with Gasteiger partial charge in [-0.3, -0.25) is 4.79 Å². The lowest BCUT2D eigenvalue weighted by Crippen LogP contribution is -2.43. The summed E-state index contributed by atoms with van der Waals surface area (Å²) < 4.78 is 11.7. The maximum Gasteiger partial charge on any atom is 0.256 e. The van der Waals surface area contributed by atoms with Crippen LogP contribution in [0.5, 0.6) is 5.75 Å². The van der Waals surface area contributed by atoms with E-state index < -0.39 is 5.60 Å². The molecule has 1 rings (SSSR count).